The Morgan fingerprint density at radius 1 is 1.00 bits per heavy atom. The van der Waals surface area contributed by atoms with E-state index in [2.05, 4.69) is 25.5 Å². The zero-order chi connectivity index (χ0) is 18.2. The molecule has 1 amide bonds. The van der Waals surface area contributed by atoms with Gasteiger partial charge in [-0.1, -0.05) is 6.07 Å². The summed E-state index contributed by atoms with van der Waals surface area (Å²) in [4.78, 5) is 22.1. The summed E-state index contributed by atoms with van der Waals surface area (Å²) < 4.78 is 0. The fraction of sp³-hybridized carbons (Fsp3) is 0.211. The first-order valence-corrected chi connectivity index (χ1v) is 8.33. The van der Waals surface area contributed by atoms with Crippen molar-refractivity contribution in [3.63, 3.8) is 0 Å². The third kappa shape index (κ3) is 4.83. The second-order valence-corrected chi connectivity index (χ2v) is 5.85. The van der Waals surface area contributed by atoms with E-state index in [0.717, 1.165) is 17.5 Å². The standard InChI is InChI=1S/C19H20N6O/c1-25(12-8-15-6-10-20-11-7-15)19(26)17-4-5-18(24-23-17)22-14-16-3-2-9-21-13-16/h2-7,9-11,13H,8,12,14H2,1H3,(H,22,24). The largest absolute Gasteiger partial charge is 0.364 e. The predicted molar refractivity (Wildman–Crippen MR) is 98.5 cm³/mol. The minimum Gasteiger partial charge on any atom is -0.364 e. The molecule has 26 heavy (non-hydrogen) atoms. The van der Waals surface area contributed by atoms with Gasteiger partial charge in [-0.05, 0) is 47.9 Å². The molecule has 0 fully saturated rings. The predicted octanol–water partition coefficient (Wildman–Crippen LogP) is 2.19. The van der Waals surface area contributed by atoms with Gasteiger partial charge in [-0.3, -0.25) is 14.8 Å². The second-order valence-electron chi connectivity index (χ2n) is 5.85. The Kier molecular flexibility index (Phi) is 5.82. The molecule has 0 unspecified atom stereocenters. The van der Waals surface area contributed by atoms with Crippen molar-refractivity contribution in [2.75, 3.05) is 18.9 Å². The molecular formula is C19H20N6O. The van der Waals surface area contributed by atoms with E-state index in [9.17, 15) is 4.79 Å². The van der Waals surface area contributed by atoms with Crippen LogP contribution in [-0.2, 0) is 13.0 Å². The van der Waals surface area contributed by atoms with Crippen LogP contribution in [0.15, 0.2) is 61.2 Å². The molecule has 0 radical (unpaired) electrons. The van der Waals surface area contributed by atoms with Gasteiger partial charge in [0.15, 0.2) is 5.69 Å². The van der Waals surface area contributed by atoms with E-state index in [-0.39, 0.29) is 5.91 Å². The van der Waals surface area contributed by atoms with E-state index < -0.39 is 0 Å². The molecule has 7 nitrogen and oxygen atoms in total. The van der Waals surface area contributed by atoms with Crippen LogP contribution in [-0.4, -0.2) is 44.6 Å². The summed E-state index contributed by atoms with van der Waals surface area (Å²) >= 11 is 0. The van der Waals surface area contributed by atoms with E-state index in [1.807, 2.05) is 24.3 Å². The molecule has 7 heteroatoms. The molecule has 0 aliphatic rings. The normalized spacial score (nSPS) is 10.3. The minimum atomic E-state index is -0.148. The number of carbonyl (C=O) groups is 1. The number of rotatable bonds is 7. The molecule has 0 atom stereocenters. The fourth-order valence-corrected chi connectivity index (χ4v) is 2.38. The number of likely N-dealkylation sites (N-methyl/N-ethyl adjacent to an activating group) is 1. The summed E-state index contributed by atoms with van der Waals surface area (Å²) in [6.07, 6.45) is 7.79. The molecule has 132 valence electrons. The van der Waals surface area contributed by atoms with Gasteiger partial charge in [-0.2, -0.15) is 0 Å². The van der Waals surface area contributed by atoms with Gasteiger partial charge in [-0.25, -0.2) is 0 Å². The van der Waals surface area contributed by atoms with Crippen molar-refractivity contribution in [1.29, 1.82) is 0 Å². The van der Waals surface area contributed by atoms with Gasteiger partial charge in [0.25, 0.3) is 5.91 Å². The van der Waals surface area contributed by atoms with Crippen LogP contribution in [0.3, 0.4) is 0 Å². The highest BCUT2D eigenvalue weighted by atomic mass is 16.2. The molecule has 3 aromatic heterocycles. The number of amides is 1. The van der Waals surface area contributed by atoms with Crippen LogP contribution >= 0.6 is 0 Å². The third-order valence-electron chi connectivity index (χ3n) is 3.91. The molecule has 1 N–H and O–H groups in total. The SMILES string of the molecule is CN(CCc1ccncc1)C(=O)c1ccc(NCc2cccnc2)nn1. The van der Waals surface area contributed by atoms with Crippen molar-refractivity contribution >= 4 is 11.7 Å². The molecule has 0 aromatic carbocycles. The fourth-order valence-electron chi connectivity index (χ4n) is 2.38. The van der Waals surface area contributed by atoms with Gasteiger partial charge in [0.1, 0.15) is 5.82 Å². The van der Waals surface area contributed by atoms with Crippen molar-refractivity contribution in [1.82, 2.24) is 25.1 Å². The maximum absolute atomic E-state index is 12.4. The molecule has 0 aliphatic carbocycles. The summed E-state index contributed by atoms with van der Waals surface area (Å²) in [6, 6.07) is 11.2. The highest BCUT2D eigenvalue weighted by Gasteiger charge is 2.13. The van der Waals surface area contributed by atoms with Crippen LogP contribution in [0.25, 0.3) is 0 Å². The Morgan fingerprint density at radius 2 is 1.85 bits per heavy atom. The Hall–Kier alpha value is -3.35. The first kappa shape index (κ1) is 17.5. The monoisotopic (exact) mass is 348 g/mol. The number of nitrogens with one attached hydrogen (secondary N) is 1. The number of pyridine rings is 2. The zero-order valence-electron chi connectivity index (χ0n) is 14.5. The number of hydrogen-bond donors (Lipinski definition) is 1. The molecule has 3 aromatic rings. The van der Waals surface area contributed by atoms with Crippen molar-refractivity contribution < 1.29 is 4.79 Å². The van der Waals surface area contributed by atoms with Crippen LogP contribution in [0.1, 0.15) is 21.6 Å². The Balaban J connectivity index is 1.52. The first-order chi connectivity index (χ1) is 12.7. The highest BCUT2D eigenvalue weighted by Crippen LogP contribution is 2.07. The smallest absolute Gasteiger partial charge is 0.274 e. The summed E-state index contributed by atoms with van der Waals surface area (Å²) in [7, 11) is 1.76. The summed E-state index contributed by atoms with van der Waals surface area (Å²) in [5.74, 6) is 0.468. The average molecular weight is 348 g/mol. The van der Waals surface area contributed by atoms with Gasteiger partial charge < -0.3 is 10.2 Å². The van der Waals surface area contributed by atoms with E-state index >= 15 is 0 Å². The van der Waals surface area contributed by atoms with Gasteiger partial charge >= 0.3 is 0 Å². The topological polar surface area (TPSA) is 83.9 Å². The van der Waals surface area contributed by atoms with Gasteiger partial charge in [0.05, 0.1) is 0 Å². The van der Waals surface area contributed by atoms with Gasteiger partial charge in [-0.15, -0.1) is 10.2 Å². The number of carbonyl (C=O) groups excluding carboxylic acids is 1. The van der Waals surface area contributed by atoms with Crippen molar-refractivity contribution in [3.8, 4) is 0 Å². The second kappa shape index (κ2) is 8.66. The number of anilines is 1. The maximum Gasteiger partial charge on any atom is 0.274 e. The summed E-state index contributed by atoms with van der Waals surface area (Å²) in [5, 5.41) is 11.3. The third-order valence-corrected chi connectivity index (χ3v) is 3.91. The maximum atomic E-state index is 12.4. The molecule has 0 bridgehead atoms. The Bertz CT molecular complexity index is 824. The molecule has 3 rings (SSSR count). The lowest BCUT2D eigenvalue weighted by Crippen LogP contribution is -2.29. The molecule has 0 saturated heterocycles. The molecule has 3 heterocycles. The van der Waals surface area contributed by atoms with Gasteiger partial charge in [0.2, 0.25) is 0 Å². The molecule has 0 spiro atoms. The van der Waals surface area contributed by atoms with Crippen molar-refractivity contribution in [3.05, 3.63) is 78.0 Å². The summed E-state index contributed by atoms with van der Waals surface area (Å²) in [5.41, 5.74) is 2.51. The van der Waals surface area contributed by atoms with E-state index in [4.69, 9.17) is 0 Å². The van der Waals surface area contributed by atoms with Crippen LogP contribution in [0, 0.1) is 0 Å². The van der Waals surface area contributed by atoms with Crippen LogP contribution in [0.2, 0.25) is 0 Å². The summed E-state index contributed by atoms with van der Waals surface area (Å²) in [6.45, 7) is 1.20. The van der Waals surface area contributed by atoms with E-state index in [1.165, 1.54) is 0 Å². The molecule has 0 saturated carbocycles. The van der Waals surface area contributed by atoms with Crippen LogP contribution in [0.4, 0.5) is 5.82 Å². The highest BCUT2D eigenvalue weighted by molar-refractivity contribution is 5.92. The zero-order valence-corrected chi connectivity index (χ0v) is 14.5. The first-order valence-electron chi connectivity index (χ1n) is 8.33. The van der Waals surface area contributed by atoms with Crippen LogP contribution in [0.5, 0.6) is 0 Å². The Morgan fingerprint density at radius 3 is 2.54 bits per heavy atom. The Labute approximate surface area is 152 Å². The van der Waals surface area contributed by atoms with Crippen LogP contribution < -0.4 is 5.32 Å². The van der Waals surface area contributed by atoms with Crippen molar-refractivity contribution in [2.45, 2.75) is 13.0 Å². The number of nitrogens with zero attached hydrogens (tertiary/aromatic N) is 5. The van der Waals surface area contributed by atoms with Gasteiger partial charge in [0, 0.05) is 44.9 Å². The number of hydrogen-bond acceptors (Lipinski definition) is 6. The lowest BCUT2D eigenvalue weighted by Gasteiger charge is -2.16. The lowest BCUT2D eigenvalue weighted by atomic mass is 10.2. The average Bonchev–Trinajstić information content (AvgIpc) is 2.72. The quantitative estimate of drug-likeness (QED) is 0.705. The number of aromatic nitrogens is 4. The lowest BCUT2D eigenvalue weighted by molar-refractivity contribution is 0.0789. The van der Waals surface area contributed by atoms with E-state index in [0.29, 0.717) is 24.6 Å². The van der Waals surface area contributed by atoms with E-state index in [1.54, 1.807) is 48.9 Å². The molecular weight excluding hydrogens is 328 g/mol. The minimum absolute atomic E-state index is 0.148. The van der Waals surface area contributed by atoms with Crippen molar-refractivity contribution in [2.24, 2.45) is 0 Å². The molecule has 0 aliphatic heterocycles.